The molecular weight excluding hydrogens is 260 g/mol. The summed E-state index contributed by atoms with van der Waals surface area (Å²) in [5.41, 5.74) is 3.53. The number of nitrogens with zero attached hydrogens (tertiary/aromatic N) is 1. The van der Waals surface area contributed by atoms with Crippen molar-refractivity contribution < 1.29 is 4.79 Å². The van der Waals surface area contributed by atoms with Gasteiger partial charge >= 0.3 is 0 Å². The Morgan fingerprint density at radius 2 is 2.32 bits per heavy atom. The highest BCUT2D eigenvalue weighted by molar-refractivity contribution is 7.10. The number of aromatic nitrogens is 1. The van der Waals surface area contributed by atoms with E-state index >= 15 is 0 Å². The maximum absolute atomic E-state index is 12.1. The highest BCUT2D eigenvalue weighted by Gasteiger charge is 2.15. The summed E-state index contributed by atoms with van der Waals surface area (Å²) in [6.07, 6.45) is 2.37. The molecule has 100 valence electrons. The molecule has 0 saturated carbocycles. The van der Waals surface area contributed by atoms with E-state index in [1.165, 1.54) is 6.20 Å². The first-order chi connectivity index (χ1) is 9.24. The minimum atomic E-state index is -0.177. The van der Waals surface area contributed by atoms with Crippen LogP contribution in [0, 0.1) is 0 Å². The minimum absolute atomic E-state index is 0.0293. The normalized spacial score (nSPS) is 11.9. The molecule has 0 bridgehead atoms. The number of hydrazine groups is 1. The molecule has 0 aliphatic heterocycles. The molecule has 6 heteroatoms. The molecule has 0 fully saturated rings. The van der Waals surface area contributed by atoms with Crippen molar-refractivity contribution >= 4 is 22.9 Å². The predicted octanol–water partition coefficient (Wildman–Crippen LogP) is 2.31. The van der Waals surface area contributed by atoms with E-state index in [1.54, 1.807) is 23.5 Å². The molecule has 2 aromatic heterocycles. The van der Waals surface area contributed by atoms with Crippen molar-refractivity contribution in [3.63, 3.8) is 0 Å². The second-order valence-electron chi connectivity index (χ2n) is 4.03. The Labute approximate surface area is 115 Å². The lowest BCUT2D eigenvalue weighted by Crippen LogP contribution is -2.28. The second-order valence-corrected chi connectivity index (χ2v) is 5.01. The summed E-state index contributed by atoms with van der Waals surface area (Å²) in [5.74, 6) is 5.08. The zero-order chi connectivity index (χ0) is 13.7. The molecule has 2 heterocycles. The lowest BCUT2D eigenvalue weighted by atomic mass is 10.2. The van der Waals surface area contributed by atoms with Crippen molar-refractivity contribution in [2.45, 2.75) is 19.4 Å². The molecule has 19 heavy (non-hydrogen) atoms. The Kier molecular flexibility index (Phi) is 4.48. The van der Waals surface area contributed by atoms with Crippen LogP contribution >= 0.6 is 11.3 Å². The Hall–Kier alpha value is -1.92. The largest absolute Gasteiger partial charge is 0.343 e. The van der Waals surface area contributed by atoms with E-state index in [0.717, 1.165) is 11.3 Å². The van der Waals surface area contributed by atoms with Crippen molar-refractivity contribution in [1.29, 1.82) is 0 Å². The Balaban J connectivity index is 2.06. The van der Waals surface area contributed by atoms with Gasteiger partial charge in [0.05, 0.1) is 17.9 Å². The third-order valence-electron chi connectivity index (χ3n) is 2.76. The van der Waals surface area contributed by atoms with Crippen LogP contribution in [-0.4, -0.2) is 10.9 Å². The fraction of sp³-hybridized carbons (Fsp3) is 0.231. The van der Waals surface area contributed by atoms with Crippen molar-refractivity contribution in [3.8, 4) is 0 Å². The Morgan fingerprint density at radius 1 is 1.47 bits per heavy atom. The summed E-state index contributed by atoms with van der Waals surface area (Å²) in [7, 11) is 0. The molecule has 5 nitrogen and oxygen atoms in total. The van der Waals surface area contributed by atoms with Crippen molar-refractivity contribution in [1.82, 2.24) is 10.3 Å². The summed E-state index contributed by atoms with van der Waals surface area (Å²) in [6.45, 7) is 2.04. The number of nitrogen functional groups attached to an aromatic ring is 1. The van der Waals surface area contributed by atoms with Gasteiger partial charge in [0.1, 0.15) is 5.69 Å². The molecule has 0 aliphatic rings. The molecule has 0 aromatic carbocycles. The molecule has 2 aromatic rings. The second kappa shape index (κ2) is 6.31. The average molecular weight is 276 g/mol. The maximum Gasteiger partial charge on any atom is 0.270 e. The van der Waals surface area contributed by atoms with Gasteiger partial charge in [-0.1, -0.05) is 13.0 Å². The standard InChI is InChI=1S/C13H16N4OS/c1-2-10(12-4-3-7-19-12)16-13(18)11-6-5-9(17-14)8-15-11/h3-8,10,17H,2,14H2,1H3,(H,16,18). The van der Waals surface area contributed by atoms with Crippen LogP contribution in [0.15, 0.2) is 35.8 Å². The summed E-state index contributed by atoms with van der Waals surface area (Å²) in [5, 5.41) is 4.98. The van der Waals surface area contributed by atoms with Gasteiger partial charge < -0.3 is 10.7 Å². The fourth-order valence-corrected chi connectivity index (χ4v) is 2.57. The number of pyridine rings is 1. The molecule has 0 spiro atoms. The highest BCUT2D eigenvalue weighted by atomic mass is 32.1. The topological polar surface area (TPSA) is 80.0 Å². The van der Waals surface area contributed by atoms with E-state index in [1.807, 2.05) is 24.4 Å². The quantitative estimate of drug-likeness (QED) is 0.578. The smallest absolute Gasteiger partial charge is 0.270 e. The first-order valence-electron chi connectivity index (χ1n) is 6.01. The van der Waals surface area contributed by atoms with Gasteiger partial charge in [0, 0.05) is 4.88 Å². The van der Waals surface area contributed by atoms with Crippen LogP contribution in [0.25, 0.3) is 0 Å². The number of nitrogens with one attached hydrogen (secondary N) is 2. The van der Waals surface area contributed by atoms with Crippen LogP contribution in [-0.2, 0) is 0 Å². The van der Waals surface area contributed by atoms with Gasteiger partial charge in [0.25, 0.3) is 5.91 Å². The van der Waals surface area contributed by atoms with E-state index in [0.29, 0.717) is 11.4 Å². The third kappa shape index (κ3) is 3.30. The molecule has 4 N–H and O–H groups in total. The number of carbonyl (C=O) groups excluding carboxylic acids is 1. The van der Waals surface area contributed by atoms with Gasteiger partial charge in [0.15, 0.2) is 0 Å². The van der Waals surface area contributed by atoms with Gasteiger partial charge in [-0.05, 0) is 30.0 Å². The van der Waals surface area contributed by atoms with E-state index < -0.39 is 0 Å². The molecule has 2 rings (SSSR count). The molecule has 0 radical (unpaired) electrons. The summed E-state index contributed by atoms with van der Waals surface area (Å²) < 4.78 is 0. The molecule has 1 atom stereocenters. The molecular formula is C13H16N4OS. The Bertz CT molecular complexity index is 524. The molecule has 1 amide bonds. The van der Waals surface area contributed by atoms with E-state index in [2.05, 4.69) is 15.7 Å². The minimum Gasteiger partial charge on any atom is -0.343 e. The predicted molar refractivity (Wildman–Crippen MR) is 76.9 cm³/mol. The van der Waals surface area contributed by atoms with Crippen LogP contribution in [0.4, 0.5) is 5.69 Å². The van der Waals surface area contributed by atoms with Gasteiger partial charge in [-0.25, -0.2) is 4.98 Å². The number of amides is 1. The third-order valence-corrected chi connectivity index (χ3v) is 3.75. The van der Waals surface area contributed by atoms with Crippen LogP contribution < -0.4 is 16.6 Å². The number of hydrogen-bond acceptors (Lipinski definition) is 5. The van der Waals surface area contributed by atoms with E-state index in [4.69, 9.17) is 5.84 Å². The molecule has 1 unspecified atom stereocenters. The summed E-state index contributed by atoms with van der Waals surface area (Å²) in [4.78, 5) is 17.3. The highest BCUT2D eigenvalue weighted by Crippen LogP contribution is 2.22. The number of nitrogens with two attached hydrogens (primary N) is 1. The van der Waals surface area contributed by atoms with Crippen molar-refractivity contribution in [2.75, 3.05) is 5.43 Å². The van der Waals surface area contributed by atoms with E-state index in [9.17, 15) is 4.79 Å². The van der Waals surface area contributed by atoms with Crippen LogP contribution in [0.5, 0.6) is 0 Å². The lowest BCUT2D eigenvalue weighted by Gasteiger charge is -2.15. The molecule has 0 saturated heterocycles. The lowest BCUT2D eigenvalue weighted by molar-refractivity contribution is 0.0931. The number of thiophene rings is 1. The maximum atomic E-state index is 12.1. The number of rotatable bonds is 5. The molecule has 0 aliphatic carbocycles. The van der Waals surface area contributed by atoms with Crippen LogP contribution in [0.2, 0.25) is 0 Å². The zero-order valence-corrected chi connectivity index (χ0v) is 11.4. The first-order valence-corrected chi connectivity index (χ1v) is 6.89. The summed E-state index contributed by atoms with van der Waals surface area (Å²) in [6, 6.07) is 7.39. The van der Waals surface area contributed by atoms with E-state index in [-0.39, 0.29) is 11.9 Å². The average Bonchev–Trinajstić information content (AvgIpc) is 2.98. The Morgan fingerprint density at radius 3 is 2.84 bits per heavy atom. The fourth-order valence-electron chi connectivity index (χ4n) is 1.71. The van der Waals surface area contributed by atoms with Crippen LogP contribution in [0.3, 0.4) is 0 Å². The SMILES string of the molecule is CCC(NC(=O)c1ccc(NN)cn1)c1cccs1. The zero-order valence-electron chi connectivity index (χ0n) is 10.6. The number of hydrogen-bond donors (Lipinski definition) is 3. The van der Waals surface area contributed by atoms with Crippen molar-refractivity contribution in [3.05, 3.63) is 46.4 Å². The monoisotopic (exact) mass is 276 g/mol. The van der Waals surface area contributed by atoms with Crippen LogP contribution in [0.1, 0.15) is 34.8 Å². The van der Waals surface area contributed by atoms with Gasteiger partial charge in [0.2, 0.25) is 0 Å². The van der Waals surface area contributed by atoms with Crippen molar-refractivity contribution in [2.24, 2.45) is 5.84 Å². The van der Waals surface area contributed by atoms with Gasteiger partial charge in [-0.2, -0.15) is 0 Å². The number of carbonyl (C=O) groups is 1. The number of anilines is 1. The first kappa shape index (κ1) is 13.5. The van der Waals surface area contributed by atoms with Gasteiger partial charge in [-0.3, -0.25) is 10.6 Å². The summed E-state index contributed by atoms with van der Waals surface area (Å²) >= 11 is 1.64. The van der Waals surface area contributed by atoms with Gasteiger partial charge in [-0.15, -0.1) is 11.3 Å².